The van der Waals surface area contributed by atoms with E-state index in [0.29, 0.717) is 0 Å². The Labute approximate surface area is 136 Å². The molecule has 4 heteroatoms. The molecular weight excluding hydrogens is 284 g/mol. The molecule has 2 aromatic carbocycles. The Morgan fingerprint density at radius 2 is 1.57 bits per heavy atom. The van der Waals surface area contributed by atoms with Crippen molar-refractivity contribution < 1.29 is 0 Å². The molecule has 0 saturated heterocycles. The first kappa shape index (κ1) is 15.0. The summed E-state index contributed by atoms with van der Waals surface area (Å²) in [6.45, 7) is 2.12. The SMILES string of the molecule is CC(Nc1cc(N(C)c2ccccc2)ncn1)c1ccccc1. The van der Waals surface area contributed by atoms with E-state index >= 15 is 0 Å². The molecule has 0 saturated carbocycles. The zero-order chi connectivity index (χ0) is 16.1. The molecule has 0 bridgehead atoms. The van der Waals surface area contributed by atoms with Crippen molar-refractivity contribution in [3.63, 3.8) is 0 Å². The van der Waals surface area contributed by atoms with Crippen molar-refractivity contribution in [1.29, 1.82) is 0 Å². The first-order valence-electron chi connectivity index (χ1n) is 7.66. The van der Waals surface area contributed by atoms with Crippen LogP contribution in [0.1, 0.15) is 18.5 Å². The highest BCUT2D eigenvalue weighted by molar-refractivity contribution is 5.61. The second kappa shape index (κ2) is 6.92. The molecule has 0 radical (unpaired) electrons. The second-order valence-corrected chi connectivity index (χ2v) is 5.43. The van der Waals surface area contributed by atoms with Gasteiger partial charge in [-0.05, 0) is 24.6 Å². The van der Waals surface area contributed by atoms with E-state index in [2.05, 4.69) is 46.5 Å². The van der Waals surface area contributed by atoms with Crippen LogP contribution >= 0.6 is 0 Å². The zero-order valence-corrected chi connectivity index (χ0v) is 13.3. The normalized spacial score (nSPS) is 11.7. The van der Waals surface area contributed by atoms with Crippen LogP contribution in [-0.2, 0) is 0 Å². The molecule has 4 nitrogen and oxygen atoms in total. The van der Waals surface area contributed by atoms with Gasteiger partial charge in [-0.2, -0.15) is 0 Å². The predicted octanol–water partition coefficient (Wildman–Crippen LogP) is 4.42. The minimum absolute atomic E-state index is 0.181. The van der Waals surface area contributed by atoms with Crippen molar-refractivity contribution in [3.8, 4) is 0 Å². The van der Waals surface area contributed by atoms with Gasteiger partial charge in [0.2, 0.25) is 0 Å². The van der Waals surface area contributed by atoms with Gasteiger partial charge in [-0.1, -0.05) is 48.5 Å². The topological polar surface area (TPSA) is 41.0 Å². The van der Waals surface area contributed by atoms with Gasteiger partial charge in [0.25, 0.3) is 0 Å². The highest BCUT2D eigenvalue weighted by atomic mass is 15.2. The van der Waals surface area contributed by atoms with Crippen molar-refractivity contribution in [3.05, 3.63) is 78.6 Å². The van der Waals surface area contributed by atoms with Gasteiger partial charge in [0, 0.05) is 24.8 Å². The lowest BCUT2D eigenvalue weighted by Gasteiger charge is -2.20. The molecular formula is C19H20N4. The number of anilines is 3. The van der Waals surface area contributed by atoms with Crippen LogP contribution in [0.5, 0.6) is 0 Å². The van der Waals surface area contributed by atoms with Crippen molar-refractivity contribution >= 4 is 17.3 Å². The molecule has 0 fully saturated rings. The maximum atomic E-state index is 4.37. The van der Waals surface area contributed by atoms with Crippen molar-refractivity contribution in [2.24, 2.45) is 0 Å². The number of rotatable bonds is 5. The van der Waals surface area contributed by atoms with Gasteiger partial charge in [0.1, 0.15) is 18.0 Å². The van der Waals surface area contributed by atoms with Crippen LogP contribution in [-0.4, -0.2) is 17.0 Å². The number of hydrogen-bond donors (Lipinski definition) is 1. The molecule has 1 aromatic heterocycles. The molecule has 0 aliphatic rings. The Bertz CT molecular complexity index is 744. The standard InChI is InChI=1S/C19H20N4/c1-15(16-9-5-3-6-10-16)22-18-13-19(21-14-20-18)23(2)17-11-7-4-8-12-17/h3-15H,1-2H3,(H,20,21,22). The van der Waals surface area contributed by atoms with Crippen molar-refractivity contribution in [1.82, 2.24) is 9.97 Å². The molecule has 0 aliphatic heterocycles. The van der Waals surface area contributed by atoms with Gasteiger partial charge < -0.3 is 10.2 Å². The maximum absolute atomic E-state index is 4.37. The first-order chi connectivity index (χ1) is 11.2. The maximum Gasteiger partial charge on any atom is 0.138 e. The summed E-state index contributed by atoms with van der Waals surface area (Å²) in [6.07, 6.45) is 1.59. The van der Waals surface area contributed by atoms with Crippen LogP contribution < -0.4 is 10.2 Å². The summed E-state index contributed by atoms with van der Waals surface area (Å²) in [5.74, 6) is 1.67. The quantitative estimate of drug-likeness (QED) is 0.757. The molecule has 116 valence electrons. The number of aromatic nitrogens is 2. The number of nitrogens with one attached hydrogen (secondary N) is 1. The zero-order valence-electron chi connectivity index (χ0n) is 13.3. The Kier molecular flexibility index (Phi) is 4.52. The fraction of sp³-hybridized carbons (Fsp3) is 0.158. The molecule has 1 N–H and O–H groups in total. The lowest BCUT2D eigenvalue weighted by atomic mass is 10.1. The van der Waals surface area contributed by atoms with Gasteiger partial charge in [-0.15, -0.1) is 0 Å². The van der Waals surface area contributed by atoms with Crippen LogP contribution in [0.15, 0.2) is 73.1 Å². The monoisotopic (exact) mass is 304 g/mol. The molecule has 0 amide bonds. The smallest absolute Gasteiger partial charge is 0.138 e. The number of nitrogens with zero attached hydrogens (tertiary/aromatic N) is 3. The molecule has 1 heterocycles. The molecule has 3 aromatic rings. The van der Waals surface area contributed by atoms with Crippen molar-refractivity contribution in [2.45, 2.75) is 13.0 Å². The Balaban J connectivity index is 1.78. The molecule has 0 aliphatic carbocycles. The van der Waals surface area contributed by atoms with Gasteiger partial charge in [0.15, 0.2) is 0 Å². The van der Waals surface area contributed by atoms with E-state index in [1.54, 1.807) is 6.33 Å². The summed E-state index contributed by atoms with van der Waals surface area (Å²) in [6, 6.07) is 22.6. The summed E-state index contributed by atoms with van der Waals surface area (Å²) >= 11 is 0. The average molecular weight is 304 g/mol. The summed E-state index contributed by atoms with van der Waals surface area (Å²) < 4.78 is 0. The van der Waals surface area contributed by atoms with E-state index < -0.39 is 0 Å². The van der Waals surface area contributed by atoms with E-state index in [1.807, 2.05) is 54.4 Å². The van der Waals surface area contributed by atoms with Gasteiger partial charge in [0.05, 0.1) is 0 Å². The van der Waals surface area contributed by atoms with E-state index in [-0.39, 0.29) is 6.04 Å². The van der Waals surface area contributed by atoms with E-state index in [4.69, 9.17) is 0 Å². The van der Waals surface area contributed by atoms with Crippen LogP contribution in [0.3, 0.4) is 0 Å². The highest BCUT2D eigenvalue weighted by Gasteiger charge is 2.09. The first-order valence-corrected chi connectivity index (χ1v) is 7.66. The molecule has 1 unspecified atom stereocenters. The lowest BCUT2D eigenvalue weighted by Crippen LogP contribution is -2.13. The predicted molar refractivity (Wildman–Crippen MR) is 95.0 cm³/mol. The Morgan fingerprint density at radius 3 is 2.26 bits per heavy atom. The summed E-state index contributed by atoms with van der Waals surface area (Å²) in [5, 5.41) is 3.43. The number of benzene rings is 2. The van der Waals surface area contributed by atoms with Crippen molar-refractivity contribution in [2.75, 3.05) is 17.3 Å². The second-order valence-electron chi connectivity index (χ2n) is 5.43. The number of hydrogen-bond acceptors (Lipinski definition) is 4. The molecule has 23 heavy (non-hydrogen) atoms. The minimum Gasteiger partial charge on any atom is -0.363 e. The fourth-order valence-electron chi connectivity index (χ4n) is 2.44. The van der Waals surface area contributed by atoms with E-state index in [9.17, 15) is 0 Å². The fourth-order valence-corrected chi connectivity index (χ4v) is 2.44. The van der Waals surface area contributed by atoms with Crippen LogP contribution in [0, 0.1) is 0 Å². The van der Waals surface area contributed by atoms with Gasteiger partial charge >= 0.3 is 0 Å². The summed E-state index contributed by atoms with van der Waals surface area (Å²) in [4.78, 5) is 10.7. The number of para-hydroxylation sites is 1. The molecule has 1 atom stereocenters. The highest BCUT2D eigenvalue weighted by Crippen LogP contribution is 2.24. The molecule has 3 rings (SSSR count). The van der Waals surface area contributed by atoms with E-state index in [0.717, 1.165) is 17.3 Å². The van der Waals surface area contributed by atoms with Crippen LogP contribution in [0.4, 0.5) is 17.3 Å². The Hall–Kier alpha value is -2.88. The third-order valence-corrected chi connectivity index (χ3v) is 3.80. The Morgan fingerprint density at radius 1 is 0.913 bits per heavy atom. The third kappa shape index (κ3) is 3.66. The minimum atomic E-state index is 0.181. The van der Waals surface area contributed by atoms with Gasteiger partial charge in [-0.3, -0.25) is 0 Å². The summed E-state index contributed by atoms with van der Waals surface area (Å²) in [7, 11) is 2.00. The van der Waals surface area contributed by atoms with Crippen LogP contribution in [0.2, 0.25) is 0 Å². The van der Waals surface area contributed by atoms with Crippen LogP contribution in [0.25, 0.3) is 0 Å². The van der Waals surface area contributed by atoms with E-state index in [1.165, 1.54) is 5.56 Å². The average Bonchev–Trinajstić information content (AvgIpc) is 2.63. The third-order valence-electron chi connectivity index (χ3n) is 3.80. The van der Waals surface area contributed by atoms with Gasteiger partial charge in [-0.25, -0.2) is 9.97 Å². The largest absolute Gasteiger partial charge is 0.363 e. The lowest BCUT2D eigenvalue weighted by molar-refractivity contribution is 0.871. The molecule has 0 spiro atoms. The summed E-state index contributed by atoms with van der Waals surface area (Å²) in [5.41, 5.74) is 2.32.